The van der Waals surface area contributed by atoms with E-state index in [0.717, 1.165) is 22.3 Å². The highest BCUT2D eigenvalue weighted by Crippen LogP contribution is 2.47. The number of amides is 5. The number of hydrogen-bond donors (Lipinski definition) is 5. The highest BCUT2D eigenvalue weighted by molar-refractivity contribution is 5.93. The Bertz CT molecular complexity index is 2880. The van der Waals surface area contributed by atoms with E-state index in [2.05, 4.69) is 87.2 Å². The molecule has 16 heteroatoms. The summed E-state index contributed by atoms with van der Waals surface area (Å²) in [5.41, 5.74) is 13.9. The van der Waals surface area contributed by atoms with Crippen LogP contribution in [0.4, 0.5) is 14.4 Å². The third kappa shape index (κ3) is 13.7. The van der Waals surface area contributed by atoms with Crippen molar-refractivity contribution in [1.82, 2.24) is 26.6 Å². The van der Waals surface area contributed by atoms with Gasteiger partial charge < -0.3 is 50.4 Å². The van der Waals surface area contributed by atoms with Crippen molar-refractivity contribution in [3.63, 3.8) is 0 Å². The zero-order valence-corrected chi connectivity index (χ0v) is 43.7. The van der Waals surface area contributed by atoms with E-state index < -0.39 is 60.3 Å². The number of hydrogen-bond acceptors (Lipinski definition) is 11. The van der Waals surface area contributed by atoms with Gasteiger partial charge in [-0.2, -0.15) is 0 Å². The number of rotatable bonds is 16. The highest BCUT2D eigenvalue weighted by Gasteiger charge is 2.32. The number of Topliss-reactive ketones (excluding diaryl/α,β-unsaturated/α-hetero) is 1. The molecule has 0 radical (unpaired) electrons. The van der Waals surface area contributed by atoms with Crippen LogP contribution in [0.3, 0.4) is 0 Å². The summed E-state index contributed by atoms with van der Waals surface area (Å²) in [7, 11) is 0. The van der Waals surface area contributed by atoms with Gasteiger partial charge in [-0.15, -0.1) is 0 Å². The number of ketones is 1. The Hall–Kier alpha value is -8.92. The average molecular weight is 1040 g/mol. The van der Waals surface area contributed by atoms with Crippen molar-refractivity contribution in [3.8, 4) is 33.4 Å². The summed E-state index contributed by atoms with van der Waals surface area (Å²) in [5, 5.41) is 12.5. The second kappa shape index (κ2) is 26.0. The summed E-state index contributed by atoms with van der Waals surface area (Å²) in [6.07, 6.45) is -0.521. The normalized spacial score (nSPS) is 14.3. The Morgan fingerprint density at radius 1 is 0.377 bits per heavy atom. The van der Waals surface area contributed by atoms with Crippen molar-refractivity contribution in [2.75, 3.05) is 19.8 Å². The fraction of sp³-hybridized carbons (Fsp3) is 0.279. The molecule has 0 spiro atoms. The summed E-state index contributed by atoms with van der Waals surface area (Å²) < 4.78 is 16.1. The number of carbonyl (C=O) groups excluding carboxylic acids is 8. The molecule has 6 aromatic carbocycles. The molecule has 3 aliphatic rings. The van der Waals surface area contributed by atoms with E-state index in [1.165, 1.54) is 65.3 Å². The van der Waals surface area contributed by atoms with Crippen LogP contribution in [0.5, 0.6) is 0 Å². The molecule has 0 bridgehead atoms. The average Bonchev–Trinajstić information content (AvgIpc) is 4.12. The molecule has 0 saturated carbocycles. The summed E-state index contributed by atoms with van der Waals surface area (Å²) >= 11 is 0. The largest absolute Gasteiger partial charge is 0.449 e. The van der Waals surface area contributed by atoms with Crippen molar-refractivity contribution >= 4 is 48.4 Å². The van der Waals surface area contributed by atoms with Gasteiger partial charge in [0.2, 0.25) is 11.8 Å². The first kappa shape index (κ1) is 55.8. The minimum atomic E-state index is -0.916. The Labute approximate surface area is 447 Å². The third-order valence-electron chi connectivity index (χ3n) is 13.6. The van der Waals surface area contributed by atoms with Gasteiger partial charge >= 0.3 is 18.3 Å². The maximum absolute atomic E-state index is 12.4. The lowest BCUT2D eigenvalue weighted by Crippen LogP contribution is -2.53. The smallest absolute Gasteiger partial charge is 0.407 e. The molecule has 0 aromatic heterocycles. The molecule has 0 saturated heterocycles. The number of nitrogens with one attached hydrogen (secondary N) is 5. The van der Waals surface area contributed by atoms with Gasteiger partial charge in [-0.1, -0.05) is 146 Å². The Morgan fingerprint density at radius 3 is 0.870 bits per heavy atom. The van der Waals surface area contributed by atoms with E-state index in [0.29, 0.717) is 12.6 Å². The predicted octanol–water partition coefficient (Wildman–Crippen LogP) is 8.74. The van der Waals surface area contributed by atoms with E-state index in [1.54, 1.807) is 20.8 Å². The van der Waals surface area contributed by atoms with Crippen LogP contribution in [0.2, 0.25) is 0 Å². The highest BCUT2D eigenvalue weighted by atomic mass is 16.6. The zero-order chi connectivity index (χ0) is 55.2. The van der Waals surface area contributed by atoms with Gasteiger partial charge in [0, 0.05) is 17.8 Å². The Kier molecular flexibility index (Phi) is 18.9. The maximum Gasteiger partial charge on any atom is 0.407 e. The summed E-state index contributed by atoms with van der Waals surface area (Å²) in [4.78, 5) is 92.6. The first-order valence-electron chi connectivity index (χ1n) is 25.5. The monoisotopic (exact) mass is 1040 g/mol. The van der Waals surface area contributed by atoms with Crippen LogP contribution >= 0.6 is 0 Å². The fourth-order valence-electron chi connectivity index (χ4n) is 9.45. The molecule has 4 unspecified atom stereocenters. The molecule has 9 rings (SSSR count). The summed E-state index contributed by atoms with van der Waals surface area (Å²) in [6.45, 7) is 9.79. The molecular formula is C61H63N5O11. The molecule has 6 aromatic rings. The minimum Gasteiger partial charge on any atom is -0.449 e. The SMILES string of the molecule is CC(=O)C(C)NC(=O)C(C)NC(=O)C(C)NC(=O)OCC1c2ccccc2-c2ccccc21.CC(C=O)NC(=O)OCC1c2ccccc2-c2ccccc21.C[C@@H](C=O)NC(=O)OCC1c2ccccc2-c2ccccc21. The summed E-state index contributed by atoms with van der Waals surface area (Å²) in [6, 6.07) is 45.1. The van der Waals surface area contributed by atoms with E-state index in [9.17, 15) is 38.4 Å². The first-order valence-corrected chi connectivity index (χ1v) is 25.5. The third-order valence-corrected chi connectivity index (χ3v) is 13.6. The van der Waals surface area contributed by atoms with Crippen LogP contribution in [-0.4, -0.2) is 98.5 Å². The molecule has 77 heavy (non-hydrogen) atoms. The molecule has 0 aliphatic heterocycles. The molecule has 16 nitrogen and oxygen atoms in total. The van der Waals surface area contributed by atoms with E-state index >= 15 is 0 Å². The van der Waals surface area contributed by atoms with Crippen LogP contribution in [0.25, 0.3) is 33.4 Å². The number of fused-ring (bicyclic) bond motifs is 9. The fourth-order valence-corrected chi connectivity index (χ4v) is 9.45. The number of benzene rings is 6. The number of ether oxygens (including phenoxy) is 3. The van der Waals surface area contributed by atoms with Gasteiger partial charge in [0.25, 0.3) is 0 Å². The Morgan fingerprint density at radius 2 is 0.610 bits per heavy atom. The minimum absolute atomic E-state index is 0.0321. The van der Waals surface area contributed by atoms with E-state index in [4.69, 9.17) is 14.2 Å². The van der Waals surface area contributed by atoms with Crippen molar-refractivity contribution in [2.24, 2.45) is 0 Å². The molecule has 0 fully saturated rings. The van der Waals surface area contributed by atoms with Crippen molar-refractivity contribution in [1.29, 1.82) is 0 Å². The molecule has 5 N–H and O–H groups in total. The van der Waals surface area contributed by atoms with Crippen molar-refractivity contribution in [2.45, 2.75) is 89.5 Å². The number of aldehydes is 2. The lowest BCUT2D eigenvalue weighted by molar-refractivity contribution is -0.131. The van der Waals surface area contributed by atoms with Crippen LogP contribution in [0, 0.1) is 0 Å². The summed E-state index contributed by atoms with van der Waals surface area (Å²) in [5.74, 6) is -1.23. The number of alkyl carbamates (subject to hydrolysis) is 3. The van der Waals surface area contributed by atoms with Gasteiger partial charge in [-0.05, 0) is 108 Å². The first-order chi connectivity index (χ1) is 37.1. The second-order valence-corrected chi connectivity index (χ2v) is 19.1. The van der Waals surface area contributed by atoms with Gasteiger partial charge in [-0.3, -0.25) is 14.4 Å². The van der Waals surface area contributed by atoms with Gasteiger partial charge in [0.05, 0.1) is 18.1 Å². The van der Waals surface area contributed by atoms with Gasteiger partial charge in [-0.25, -0.2) is 14.4 Å². The standard InChI is InChI=1S/C25H29N3O5.2C18H17NO3/c1-14(17(4)29)26-23(30)15(2)27-24(31)16(3)28-25(32)33-13-22-20-11-7-5-9-18(20)19-10-6-8-12-21(19)22;2*1-12(10-20)19-18(21)22-11-17-15-8-4-2-6-13(15)14-7-3-5-9-16(14)17/h5-12,14-16,22H,13H2,1-4H3,(H,26,30)(H,27,31)(H,28,32);2*2-10,12,17H,11H2,1H3,(H,19,21)/t;12-;/m.0./s1. The topological polar surface area (TPSA) is 224 Å². The molecule has 5 amide bonds. The lowest BCUT2D eigenvalue weighted by Gasteiger charge is -2.20. The maximum atomic E-state index is 12.4. The van der Waals surface area contributed by atoms with E-state index in [-0.39, 0.29) is 43.4 Å². The Balaban J connectivity index is 0.000000173. The van der Waals surface area contributed by atoms with Crippen LogP contribution in [0.15, 0.2) is 146 Å². The molecule has 0 heterocycles. The molecule has 5 atom stereocenters. The van der Waals surface area contributed by atoms with Crippen LogP contribution in [-0.2, 0) is 38.2 Å². The molecule has 398 valence electrons. The zero-order valence-electron chi connectivity index (χ0n) is 43.7. The molecular weight excluding hydrogens is 979 g/mol. The number of carbonyl (C=O) groups is 8. The predicted molar refractivity (Wildman–Crippen MR) is 291 cm³/mol. The van der Waals surface area contributed by atoms with Gasteiger partial charge in [0.15, 0.2) is 5.78 Å². The molecule has 3 aliphatic carbocycles. The second-order valence-electron chi connectivity index (χ2n) is 19.1. The van der Waals surface area contributed by atoms with E-state index in [1.807, 2.05) is 84.9 Å². The van der Waals surface area contributed by atoms with Crippen molar-refractivity contribution < 1.29 is 52.6 Å². The van der Waals surface area contributed by atoms with Crippen LogP contribution < -0.4 is 26.6 Å². The lowest BCUT2D eigenvalue weighted by atomic mass is 9.98. The van der Waals surface area contributed by atoms with Crippen LogP contribution in [0.1, 0.15) is 92.7 Å². The van der Waals surface area contributed by atoms with Crippen molar-refractivity contribution in [3.05, 3.63) is 179 Å². The van der Waals surface area contributed by atoms with Gasteiger partial charge in [0.1, 0.15) is 44.5 Å². The quantitative estimate of drug-likeness (QED) is 0.0455.